The van der Waals surface area contributed by atoms with Crippen LogP contribution in [0.5, 0.6) is 0 Å². The number of benzene rings is 3. The van der Waals surface area contributed by atoms with Gasteiger partial charge in [0.05, 0.1) is 10.9 Å². The van der Waals surface area contributed by atoms with Crippen LogP contribution < -0.4 is 10.0 Å². The monoisotopic (exact) mass is 422 g/mol. The molecule has 0 aliphatic heterocycles. The Bertz CT molecular complexity index is 1140. The number of hydrogen-bond acceptors (Lipinski definition) is 3. The molecule has 6 heteroatoms. The van der Waals surface area contributed by atoms with E-state index in [1.165, 1.54) is 12.1 Å². The summed E-state index contributed by atoms with van der Waals surface area (Å²) < 4.78 is 28.1. The molecular weight excluding hydrogens is 396 g/mol. The molecule has 3 rings (SSSR count). The van der Waals surface area contributed by atoms with Crippen LogP contribution in [0.25, 0.3) is 0 Å². The number of rotatable bonds is 7. The topological polar surface area (TPSA) is 75.3 Å². The predicted molar refractivity (Wildman–Crippen MR) is 120 cm³/mol. The molecule has 1 atom stereocenters. The Morgan fingerprint density at radius 3 is 2.27 bits per heavy atom. The van der Waals surface area contributed by atoms with Crippen LogP contribution in [0.1, 0.15) is 46.4 Å². The SMILES string of the molecule is CCC(NC(=O)c1cccc(S(=O)(=O)Nc2cccc(C)c2)c1)c1ccc(C)cc1. The maximum Gasteiger partial charge on any atom is 0.261 e. The predicted octanol–water partition coefficient (Wildman–Crippen LogP) is 4.99. The van der Waals surface area contributed by atoms with Gasteiger partial charge in [-0.15, -0.1) is 0 Å². The van der Waals surface area contributed by atoms with Gasteiger partial charge in [0, 0.05) is 11.3 Å². The van der Waals surface area contributed by atoms with Crippen LogP contribution in [0.15, 0.2) is 77.7 Å². The van der Waals surface area contributed by atoms with Crippen molar-refractivity contribution >= 4 is 21.6 Å². The van der Waals surface area contributed by atoms with Gasteiger partial charge in [-0.25, -0.2) is 8.42 Å². The molecule has 30 heavy (non-hydrogen) atoms. The van der Waals surface area contributed by atoms with E-state index >= 15 is 0 Å². The maximum absolute atomic E-state index is 12.8. The number of nitrogens with one attached hydrogen (secondary N) is 2. The molecule has 3 aromatic carbocycles. The van der Waals surface area contributed by atoms with Gasteiger partial charge in [0.1, 0.15) is 0 Å². The van der Waals surface area contributed by atoms with Crippen molar-refractivity contribution in [2.75, 3.05) is 4.72 Å². The number of carbonyl (C=O) groups excluding carboxylic acids is 1. The van der Waals surface area contributed by atoms with Crippen molar-refractivity contribution in [1.29, 1.82) is 0 Å². The average molecular weight is 423 g/mol. The molecule has 0 aromatic heterocycles. The first kappa shape index (κ1) is 21.6. The summed E-state index contributed by atoms with van der Waals surface area (Å²) in [6, 6.07) is 21.0. The summed E-state index contributed by atoms with van der Waals surface area (Å²) in [5, 5.41) is 3.00. The summed E-state index contributed by atoms with van der Waals surface area (Å²) in [5.74, 6) is -0.310. The number of carbonyl (C=O) groups is 1. The number of aryl methyl sites for hydroxylation is 2. The molecule has 0 aliphatic carbocycles. The van der Waals surface area contributed by atoms with E-state index in [4.69, 9.17) is 0 Å². The van der Waals surface area contributed by atoms with Gasteiger partial charge in [0.2, 0.25) is 0 Å². The zero-order chi connectivity index (χ0) is 21.7. The highest BCUT2D eigenvalue weighted by Gasteiger charge is 2.18. The van der Waals surface area contributed by atoms with Gasteiger partial charge in [-0.1, -0.05) is 55.0 Å². The van der Waals surface area contributed by atoms with E-state index < -0.39 is 10.0 Å². The summed E-state index contributed by atoms with van der Waals surface area (Å²) in [4.78, 5) is 12.9. The minimum Gasteiger partial charge on any atom is -0.345 e. The fourth-order valence-electron chi connectivity index (χ4n) is 3.19. The molecule has 0 saturated heterocycles. The molecule has 0 spiro atoms. The van der Waals surface area contributed by atoms with Gasteiger partial charge in [-0.05, 0) is 61.7 Å². The quantitative estimate of drug-likeness (QED) is 0.563. The minimum atomic E-state index is -3.81. The summed E-state index contributed by atoms with van der Waals surface area (Å²) in [5.41, 5.74) is 3.90. The molecule has 0 heterocycles. The Balaban J connectivity index is 1.79. The van der Waals surface area contributed by atoms with E-state index in [1.807, 2.05) is 51.1 Å². The van der Waals surface area contributed by atoms with Crippen molar-refractivity contribution in [2.24, 2.45) is 0 Å². The van der Waals surface area contributed by atoms with E-state index in [0.29, 0.717) is 11.3 Å². The Morgan fingerprint density at radius 2 is 1.60 bits per heavy atom. The molecule has 5 nitrogen and oxygen atoms in total. The fourth-order valence-corrected chi connectivity index (χ4v) is 4.28. The Labute approximate surface area is 178 Å². The lowest BCUT2D eigenvalue weighted by atomic mass is 10.0. The van der Waals surface area contributed by atoms with Gasteiger partial charge in [0.15, 0.2) is 0 Å². The van der Waals surface area contributed by atoms with Gasteiger partial charge in [-0.2, -0.15) is 0 Å². The van der Waals surface area contributed by atoms with Crippen LogP contribution >= 0.6 is 0 Å². The van der Waals surface area contributed by atoms with E-state index in [-0.39, 0.29) is 16.8 Å². The summed E-state index contributed by atoms with van der Waals surface area (Å²) in [6.07, 6.45) is 0.724. The summed E-state index contributed by atoms with van der Waals surface area (Å²) >= 11 is 0. The molecule has 0 aliphatic rings. The second-order valence-electron chi connectivity index (χ2n) is 7.35. The lowest BCUT2D eigenvalue weighted by Gasteiger charge is -2.18. The fraction of sp³-hybridized carbons (Fsp3) is 0.208. The van der Waals surface area contributed by atoms with E-state index in [0.717, 1.165) is 23.1 Å². The van der Waals surface area contributed by atoms with Crippen molar-refractivity contribution in [3.8, 4) is 0 Å². The third-order valence-electron chi connectivity index (χ3n) is 4.87. The summed E-state index contributed by atoms with van der Waals surface area (Å²) in [6.45, 7) is 5.90. The largest absolute Gasteiger partial charge is 0.345 e. The van der Waals surface area contributed by atoms with Crippen LogP contribution in [0.4, 0.5) is 5.69 Å². The zero-order valence-electron chi connectivity index (χ0n) is 17.3. The molecular formula is C24H26N2O3S. The summed E-state index contributed by atoms with van der Waals surface area (Å²) in [7, 11) is -3.81. The van der Waals surface area contributed by atoms with E-state index in [2.05, 4.69) is 10.0 Å². The molecule has 0 fully saturated rings. The van der Waals surface area contributed by atoms with Gasteiger partial charge in [-0.3, -0.25) is 9.52 Å². The zero-order valence-corrected chi connectivity index (χ0v) is 18.2. The van der Waals surface area contributed by atoms with E-state index in [9.17, 15) is 13.2 Å². The van der Waals surface area contributed by atoms with Crippen LogP contribution in [-0.4, -0.2) is 14.3 Å². The van der Waals surface area contributed by atoms with E-state index in [1.54, 1.807) is 30.3 Å². The third-order valence-corrected chi connectivity index (χ3v) is 6.25. The van der Waals surface area contributed by atoms with Crippen LogP contribution in [0, 0.1) is 13.8 Å². The van der Waals surface area contributed by atoms with Gasteiger partial charge >= 0.3 is 0 Å². The first-order valence-corrected chi connectivity index (χ1v) is 11.3. The highest BCUT2D eigenvalue weighted by Crippen LogP contribution is 2.20. The highest BCUT2D eigenvalue weighted by atomic mass is 32.2. The number of sulfonamides is 1. The normalized spacial score (nSPS) is 12.2. The standard InChI is InChI=1S/C24H26N2O3S/c1-4-23(19-13-11-17(2)12-14-19)25-24(27)20-8-6-10-22(16-20)30(28,29)26-21-9-5-7-18(3)15-21/h5-16,23,26H,4H2,1-3H3,(H,25,27). The molecule has 2 N–H and O–H groups in total. The molecule has 1 unspecified atom stereocenters. The van der Waals surface area contributed by atoms with Crippen molar-refractivity contribution in [2.45, 2.75) is 38.1 Å². The Kier molecular flexibility index (Phi) is 6.57. The molecule has 0 saturated carbocycles. The second-order valence-corrected chi connectivity index (χ2v) is 9.03. The number of hydrogen-bond donors (Lipinski definition) is 2. The van der Waals surface area contributed by atoms with Gasteiger partial charge < -0.3 is 5.32 Å². The van der Waals surface area contributed by atoms with Crippen molar-refractivity contribution in [3.05, 3.63) is 95.1 Å². The first-order valence-electron chi connectivity index (χ1n) is 9.85. The number of anilines is 1. The molecule has 156 valence electrons. The Hall–Kier alpha value is -3.12. The van der Waals surface area contributed by atoms with Crippen molar-refractivity contribution < 1.29 is 13.2 Å². The third kappa shape index (κ3) is 5.27. The van der Waals surface area contributed by atoms with Crippen molar-refractivity contribution in [3.63, 3.8) is 0 Å². The molecule has 0 radical (unpaired) electrons. The van der Waals surface area contributed by atoms with Crippen molar-refractivity contribution in [1.82, 2.24) is 5.32 Å². The lowest BCUT2D eigenvalue weighted by Crippen LogP contribution is -2.28. The van der Waals surface area contributed by atoms with Gasteiger partial charge in [0.25, 0.3) is 15.9 Å². The smallest absolute Gasteiger partial charge is 0.261 e. The Morgan fingerprint density at radius 1 is 0.900 bits per heavy atom. The molecule has 0 bridgehead atoms. The first-order chi connectivity index (χ1) is 14.3. The average Bonchev–Trinajstić information content (AvgIpc) is 2.72. The van der Waals surface area contributed by atoms with Crippen LogP contribution in [-0.2, 0) is 10.0 Å². The van der Waals surface area contributed by atoms with Crippen LogP contribution in [0.2, 0.25) is 0 Å². The second kappa shape index (κ2) is 9.13. The van der Waals surface area contributed by atoms with Crippen LogP contribution in [0.3, 0.4) is 0 Å². The molecule has 3 aromatic rings. The molecule has 1 amide bonds. The number of amides is 1. The minimum absolute atomic E-state index is 0.0417. The highest BCUT2D eigenvalue weighted by molar-refractivity contribution is 7.92. The maximum atomic E-state index is 12.8. The lowest BCUT2D eigenvalue weighted by molar-refractivity contribution is 0.0935.